The SMILES string of the molecule is CSc1ccc(NC(=O)C(C)NC(=O)/C=C/c2ccccc2)cc1. The van der Waals surface area contributed by atoms with Crippen molar-refractivity contribution in [1.82, 2.24) is 5.32 Å². The molecule has 1 atom stereocenters. The lowest BCUT2D eigenvalue weighted by Crippen LogP contribution is -2.40. The largest absolute Gasteiger partial charge is 0.341 e. The van der Waals surface area contributed by atoms with E-state index in [2.05, 4.69) is 10.6 Å². The maximum absolute atomic E-state index is 12.1. The second-order valence-electron chi connectivity index (χ2n) is 5.19. The molecule has 124 valence electrons. The maximum Gasteiger partial charge on any atom is 0.246 e. The molecule has 0 fully saturated rings. The molecule has 2 amide bonds. The van der Waals surface area contributed by atoms with Crippen molar-refractivity contribution < 1.29 is 9.59 Å². The van der Waals surface area contributed by atoms with E-state index in [9.17, 15) is 9.59 Å². The third-order valence-corrected chi connectivity index (χ3v) is 4.08. The standard InChI is InChI=1S/C19H20N2O2S/c1-14(19(23)21-16-9-11-17(24-2)12-10-16)20-18(22)13-8-15-6-4-3-5-7-15/h3-14H,1-2H3,(H,20,22)(H,21,23)/b13-8+. The lowest BCUT2D eigenvalue weighted by atomic mass is 10.2. The molecule has 2 aromatic rings. The minimum Gasteiger partial charge on any atom is -0.341 e. The quantitative estimate of drug-likeness (QED) is 0.624. The highest BCUT2D eigenvalue weighted by Crippen LogP contribution is 2.17. The zero-order valence-corrected chi connectivity index (χ0v) is 14.5. The van der Waals surface area contributed by atoms with Crippen molar-refractivity contribution in [2.24, 2.45) is 0 Å². The van der Waals surface area contributed by atoms with Gasteiger partial charge < -0.3 is 10.6 Å². The van der Waals surface area contributed by atoms with E-state index >= 15 is 0 Å². The van der Waals surface area contributed by atoms with Gasteiger partial charge in [-0.15, -0.1) is 11.8 Å². The van der Waals surface area contributed by atoms with Gasteiger partial charge in [0.2, 0.25) is 11.8 Å². The predicted molar refractivity (Wildman–Crippen MR) is 99.9 cm³/mol. The van der Waals surface area contributed by atoms with Crippen LogP contribution in [0.4, 0.5) is 5.69 Å². The summed E-state index contributed by atoms with van der Waals surface area (Å²) in [6.45, 7) is 1.65. The number of carbonyl (C=O) groups excluding carboxylic acids is 2. The maximum atomic E-state index is 12.1. The van der Waals surface area contributed by atoms with Gasteiger partial charge in [-0.3, -0.25) is 9.59 Å². The molecule has 0 bridgehead atoms. The summed E-state index contributed by atoms with van der Waals surface area (Å²) in [5.74, 6) is -0.562. The number of thioether (sulfide) groups is 1. The Morgan fingerprint density at radius 1 is 1.04 bits per heavy atom. The van der Waals surface area contributed by atoms with Gasteiger partial charge in [0, 0.05) is 16.7 Å². The lowest BCUT2D eigenvalue weighted by Gasteiger charge is -2.13. The Hall–Kier alpha value is -2.53. The minimum atomic E-state index is -0.627. The molecule has 0 spiro atoms. The lowest BCUT2D eigenvalue weighted by molar-refractivity contribution is -0.123. The number of hydrogen-bond acceptors (Lipinski definition) is 3. The number of anilines is 1. The molecule has 0 aliphatic carbocycles. The molecule has 4 nitrogen and oxygen atoms in total. The molecule has 0 aromatic heterocycles. The molecule has 0 heterocycles. The number of hydrogen-bond donors (Lipinski definition) is 2. The van der Waals surface area contributed by atoms with E-state index in [4.69, 9.17) is 0 Å². The van der Waals surface area contributed by atoms with Gasteiger partial charge in [0.25, 0.3) is 0 Å². The van der Waals surface area contributed by atoms with Gasteiger partial charge >= 0.3 is 0 Å². The smallest absolute Gasteiger partial charge is 0.246 e. The molecular formula is C19H20N2O2S. The Morgan fingerprint density at radius 3 is 2.33 bits per heavy atom. The summed E-state index contributed by atoms with van der Waals surface area (Å²) in [6, 6.07) is 16.4. The first-order valence-electron chi connectivity index (χ1n) is 7.57. The van der Waals surface area contributed by atoms with E-state index in [0.29, 0.717) is 5.69 Å². The minimum absolute atomic E-state index is 0.256. The second kappa shape index (κ2) is 8.93. The number of amides is 2. The van der Waals surface area contributed by atoms with Gasteiger partial charge in [0.15, 0.2) is 0 Å². The highest BCUT2D eigenvalue weighted by Gasteiger charge is 2.14. The van der Waals surface area contributed by atoms with Gasteiger partial charge in [0.1, 0.15) is 6.04 Å². The fraction of sp³-hybridized carbons (Fsp3) is 0.158. The van der Waals surface area contributed by atoms with E-state index < -0.39 is 6.04 Å². The Kier molecular flexibility index (Phi) is 6.63. The summed E-state index contributed by atoms with van der Waals surface area (Å²) >= 11 is 1.64. The second-order valence-corrected chi connectivity index (χ2v) is 6.07. The molecule has 0 aliphatic rings. The van der Waals surface area contributed by atoms with Crippen LogP contribution in [0.15, 0.2) is 65.6 Å². The van der Waals surface area contributed by atoms with Gasteiger partial charge in [-0.1, -0.05) is 30.3 Å². The van der Waals surface area contributed by atoms with Crippen molar-refractivity contribution in [2.75, 3.05) is 11.6 Å². The summed E-state index contributed by atoms with van der Waals surface area (Å²) < 4.78 is 0. The van der Waals surface area contributed by atoms with Crippen molar-refractivity contribution in [3.8, 4) is 0 Å². The van der Waals surface area contributed by atoms with E-state index in [1.165, 1.54) is 6.08 Å². The van der Waals surface area contributed by atoms with Gasteiger partial charge in [-0.05, 0) is 49.1 Å². The van der Waals surface area contributed by atoms with E-state index in [0.717, 1.165) is 10.5 Å². The van der Waals surface area contributed by atoms with Crippen LogP contribution in [0.5, 0.6) is 0 Å². The average molecular weight is 340 g/mol. The van der Waals surface area contributed by atoms with Crippen LogP contribution in [0.3, 0.4) is 0 Å². The fourth-order valence-electron chi connectivity index (χ4n) is 1.99. The van der Waals surface area contributed by atoms with E-state index in [-0.39, 0.29) is 11.8 Å². The van der Waals surface area contributed by atoms with Crippen molar-refractivity contribution >= 4 is 35.3 Å². The van der Waals surface area contributed by atoms with Crippen LogP contribution >= 0.6 is 11.8 Å². The molecule has 24 heavy (non-hydrogen) atoms. The summed E-state index contributed by atoms with van der Waals surface area (Å²) in [4.78, 5) is 25.1. The van der Waals surface area contributed by atoms with Gasteiger partial charge in [0.05, 0.1) is 0 Å². The summed E-state index contributed by atoms with van der Waals surface area (Å²) in [7, 11) is 0. The van der Waals surface area contributed by atoms with Crippen LogP contribution in [-0.4, -0.2) is 24.1 Å². The van der Waals surface area contributed by atoms with Crippen LogP contribution in [0, 0.1) is 0 Å². The Balaban J connectivity index is 1.86. The molecule has 0 saturated heterocycles. The molecule has 5 heteroatoms. The van der Waals surface area contributed by atoms with Crippen LogP contribution < -0.4 is 10.6 Å². The molecule has 0 radical (unpaired) electrons. The predicted octanol–water partition coefficient (Wildman–Crippen LogP) is 3.57. The highest BCUT2D eigenvalue weighted by atomic mass is 32.2. The van der Waals surface area contributed by atoms with Crippen molar-refractivity contribution in [2.45, 2.75) is 17.9 Å². The Labute approximate surface area is 146 Å². The van der Waals surface area contributed by atoms with Crippen LogP contribution in [0.2, 0.25) is 0 Å². The molecule has 1 unspecified atom stereocenters. The summed E-state index contributed by atoms with van der Waals surface area (Å²) in [6.07, 6.45) is 5.13. The molecular weight excluding hydrogens is 320 g/mol. The number of rotatable bonds is 6. The summed E-state index contributed by atoms with van der Waals surface area (Å²) in [5, 5.41) is 5.44. The first-order chi connectivity index (χ1) is 11.6. The van der Waals surface area contributed by atoms with Crippen LogP contribution in [0.25, 0.3) is 6.08 Å². The molecule has 0 saturated carbocycles. The number of benzene rings is 2. The number of nitrogens with one attached hydrogen (secondary N) is 2. The van der Waals surface area contributed by atoms with E-state index in [1.807, 2.05) is 60.9 Å². The van der Waals surface area contributed by atoms with Gasteiger partial charge in [-0.25, -0.2) is 0 Å². The van der Waals surface area contributed by atoms with Crippen molar-refractivity contribution in [1.29, 1.82) is 0 Å². The molecule has 2 N–H and O–H groups in total. The van der Waals surface area contributed by atoms with Crippen molar-refractivity contribution in [3.63, 3.8) is 0 Å². The molecule has 2 aromatic carbocycles. The van der Waals surface area contributed by atoms with Gasteiger partial charge in [-0.2, -0.15) is 0 Å². The monoisotopic (exact) mass is 340 g/mol. The summed E-state index contributed by atoms with van der Waals surface area (Å²) in [5.41, 5.74) is 1.64. The van der Waals surface area contributed by atoms with E-state index in [1.54, 1.807) is 24.8 Å². The first-order valence-corrected chi connectivity index (χ1v) is 8.79. The normalized spacial score (nSPS) is 11.9. The van der Waals surface area contributed by atoms with Crippen LogP contribution in [-0.2, 0) is 9.59 Å². The zero-order valence-electron chi connectivity index (χ0n) is 13.7. The molecule has 2 rings (SSSR count). The third kappa shape index (κ3) is 5.59. The Bertz CT molecular complexity index is 712. The van der Waals surface area contributed by atoms with Crippen LogP contribution in [0.1, 0.15) is 12.5 Å². The number of carbonyl (C=O) groups is 2. The highest BCUT2D eigenvalue weighted by molar-refractivity contribution is 7.98. The topological polar surface area (TPSA) is 58.2 Å². The average Bonchev–Trinajstić information content (AvgIpc) is 2.61. The molecule has 0 aliphatic heterocycles. The zero-order chi connectivity index (χ0) is 17.4. The third-order valence-electron chi connectivity index (χ3n) is 3.34. The first kappa shape index (κ1) is 17.8. The fourth-order valence-corrected chi connectivity index (χ4v) is 2.40. The Morgan fingerprint density at radius 2 is 1.71 bits per heavy atom. The van der Waals surface area contributed by atoms with Crippen molar-refractivity contribution in [3.05, 3.63) is 66.2 Å².